The highest BCUT2D eigenvalue weighted by Crippen LogP contribution is 2.44. The Balaban J connectivity index is 1.24. The maximum Gasteiger partial charge on any atom is 0.0705 e. The second kappa shape index (κ2) is 23.5. The van der Waals surface area contributed by atoms with Crippen molar-refractivity contribution in [3.63, 3.8) is 0 Å². The second-order valence-corrected chi connectivity index (χ2v) is 20.7. The molecule has 0 unspecified atom stereocenters. The summed E-state index contributed by atoms with van der Waals surface area (Å²) in [5, 5.41) is 0. The fourth-order valence-electron chi connectivity index (χ4n) is 9.69. The predicted octanol–water partition coefficient (Wildman–Crippen LogP) is 19.6. The molecule has 75 heavy (non-hydrogen) atoms. The quantitative estimate of drug-likeness (QED) is 0.0860. The zero-order valence-corrected chi connectivity index (χ0v) is 44.0. The van der Waals surface area contributed by atoms with Gasteiger partial charge in [0.1, 0.15) is 0 Å². The molecule has 372 valence electrons. The molecule has 0 amide bonds. The van der Waals surface area contributed by atoms with E-state index >= 15 is 0 Å². The lowest BCUT2D eigenvalue weighted by Gasteiger charge is -2.20. The third-order valence-electron chi connectivity index (χ3n) is 13.5. The topological polar surface area (TPSA) is 38.7 Å². The van der Waals surface area contributed by atoms with Gasteiger partial charge in [-0.05, 0) is 159 Å². The van der Waals surface area contributed by atoms with E-state index in [1.165, 1.54) is 0 Å². The van der Waals surface area contributed by atoms with Gasteiger partial charge in [-0.1, -0.05) is 205 Å². The number of aryl methyl sites for hydroxylation is 3. The molecule has 0 aliphatic rings. The monoisotopic (exact) mass is 982 g/mol. The van der Waals surface area contributed by atoms with Gasteiger partial charge < -0.3 is 0 Å². The lowest BCUT2D eigenvalue weighted by molar-refractivity contribution is 0.587. The number of benzene rings is 7. The Morgan fingerprint density at radius 1 is 0.280 bits per heavy atom. The Morgan fingerprint density at radius 3 is 0.773 bits per heavy atom. The summed E-state index contributed by atoms with van der Waals surface area (Å²) in [5.41, 5.74) is 16.3. The summed E-state index contributed by atoms with van der Waals surface area (Å²) in [7, 11) is 0. The Morgan fingerprint density at radius 2 is 0.520 bits per heavy atom. The zero-order chi connectivity index (χ0) is 57.1. The molecule has 0 atom stereocenters. The molecule has 0 saturated carbocycles. The number of aromatic nitrogens is 3. The van der Waals surface area contributed by atoms with Crippen molar-refractivity contribution >= 4 is 0 Å². The van der Waals surface area contributed by atoms with Crippen LogP contribution in [-0.4, -0.2) is 15.0 Å². The number of hydrogen-bond acceptors (Lipinski definition) is 3. The summed E-state index contributed by atoms with van der Waals surface area (Å²) in [6.07, 6.45) is 1.30. The van der Waals surface area contributed by atoms with Gasteiger partial charge in [-0.2, -0.15) is 0 Å². The van der Waals surface area contributed by atoms with Crippen molar-refractivity contribution in [2.24, 2.45) is 17.8 Å². The minimum atomic E-state index is -1.71. The molecule has 0 N–H and O–H groups in total. The van der Waals surface area contributed by atoms with Crippen molar-refractivity contribution in [1.82, 2.24) is 15.0 Å². The highest BCUT2D eigenvalue weighted by molar-refractivity contribution is 5.95. The van der Waals surface area contributed by atoms with E-state index in [1.54, 1.807) is 0 Å². The minimum Gasteiger partial charge on any atom is -0.256 e. The van der Waals surface area contributed by atoms with Gasteiger partial charge in [0, 0.05) is 60.2 Å². The van der Waals surface area contributed by atoms with E-state index in [9.17, 15) is 8.22 Å². The maximum atomic E-state index is 9.72. The maximum absolute atomic E-state index is 9.72. The molecular formula is C72H69N3. The van der Waals surface area contributed by atoms with Crippen LogP contribution in [0.25, 0.3) is 101 Å². The molecule has 0 radical (unpaired) electrons. The Labute approximate surface area is 455 Å². The zero-order valence-electron chi connectivity index (χ0n) is 50.0. The number of nitrogens with zero attached hydrogens (tertiary/aromatic N) is 3. The number of rotatable bonds is 18. The lowest BCUT2D eigenvalue weighted by Crippen LogP contribution is -2.00. The molecule has 0 aliphatic carbocycles. The predicted molar refractivity (Wildman–Crippen MR) is 318 cm³/mol. The SMILES string of the molecule is [2H]C([2H])(CC(C)C)c1cc(-c2ccccc2)ncc1-c1ccccc1-c1cc(-c2ccccc2-c2cnc(-c3ccccc3)cc2C([2H])([2H])CC(C)C)cc(-c2ccccc2-c2cnc(-c3ccccc3)cc2C([2H])([2H])CC(C)C)c1. The summed E-state index contributed by atoms with van der Waals surface area (Å²) >= 11 is 0. The van der Waals surface area contributed by atoms with E-state index < -0.39 is 19.1 Å². The van der Waals surface area contributed by atoms with E-state index in [2.05, 4.69) is 96.1 Å². The molecule has 0 saturated heterocycles. The van der Waals surface area contributed by atoms with Crippen LogP contribution in [0.2, 0.25) is 0 Å². The fraction of sp³-hybridized carbons (Fsp3) is 0.208. The summed E-state index contributed by atoms with van der Waals surface area (Å²) in [6, 6.07) is 66.7. The Hall–Kier alpha value is -8.01. The molecule has 0 fully saturated rings. The first-order chi connectivity index (χ1) is 38.9. The highest BCUT2D eigenvalue weighted by atomic mass is 14.7. The second-order valence-electron chi connectivity index (χ2n) is 20.7. The van der Waals surface area contributed by atoms with Gasteiger partial charge in [-0.25, -0.2) is 0 Å². The van der Waals surface area contributed by atoms with Crippen LogP contribution in [0.3, 0.4) is 0 Å². The Kier molecular flexibility index (Phi) is 13.6. The molecule has 3 heterocycles. The molecule has 0 bridgehead atoms. The van der Waals surface area contributed by atoms with Crippen molar-refractivity contribution in [2.75, 3.05) is 0 Å². The number of hydrogen-bond donors (Lipinski definition) is 0. The molecule has 3 nitrogen and oxygen atoms in total. The molecule has 3 aromatic heterocycles. The van der Waals surface area contributed by atoms with Crippen LogP contribution in [0.5, 0.6) is 0 Å². The minimum absolute atomic E-state index is 0.0765. The van der Waals surface area contributed by atoms with Gasteiger partial charge in [0.05, 0.1) is 17.1 Å². The highest BCUT2D eigenvalue weighted by Gasteiger charge is 2.21. The normalized spacial score (nSPS) is 13.2. The van der Waals surface area contributed by atoms with E-state index in [0.29, 0.717) is 69.7 Å². The summed E-state index contributed by atoms with van der Waals surface area (Å²) in [6.45, 7) is 12.3. The van der Waals surface area contributed by atoms with Crippen molar-refractivity contribution in [2.45, 2.75) is 79.9 Å². The first-order valence-electron chi connectivity index (χ1n) is 29.5. The van der Waals surface area contributed by atoms with E-state index in [4.69, 9.17) is 15.0 Å². The molecule has 10 aromatic rings. The van der Waals surface area contributed by atoms with Gasteiger partial charge in [0.2, 0.25) is 0 Å². The van der Waals surface area contributed by atoms with Crippen LogP contribution < -0.4 is 0 Å². The average molecular weight is 982 g/mol. The third-order valence-corrected chi connectivity index (χ3v) is 13.5. The number of pyridine rings is 3. The first-order valence-corrected chi connectivity index (χ1v) is 26.5. The van der Waals surface area contributed by atoms with Gasteiger partial charge in [-0.15, -0.1) is 0 Å². The van der Waals surface area contributed by atoms with Crippen LogP contribution in [0.4, 0.5) is 0 Å². The van der Waals surface area contributed by atoms with Crippen molar-refractivity contribution in [3.8, 4) is 101 Å². The van der Waals surface area contributed by atoms with Crippen molar-refractivity contribution < 1.29 is 8.22 Å². The molecule has 3 heteroatoms. The molecule has 10 rings (SSSR count). The van der Waals surface area contributed by atoms with Crippen LogP contribution in [0, 0.1) is 17.8 Å². The van der Waals surface area contributed by atoms with E-state index in [0.717, 1.165) is 66.8 Å². The van der Waals surface area contributed by atoms with Gasteiger partial charge in [-0.3, -0.25) is 15.0 Å². The Bertz CT molecular complexity index is 3410. The first kappa shape index (κ1) is 43.4. The van der Waals surface area contributed by atoms with E-state index in [-0.39, 0.29) is 17.8 Å². The summed E-state index contributed by atoms with van der Waals surface area (Å²) in [4.78, 5) is 15.1. The van der Waals surface area contributed by atoms with Gasteiger partial charge in [0.15, 0.2) is 0 Å². The van der Waals surface area contributed by atoms with Crippen molar-refractivity contribution in [1.29, 1.82) is 0 Å². The van der Waals surface area contributed by atoms with Crippen LogP contribution in [0.15, 0.2) is 219 Å². The van der Waals surface area contributed by atoms with Gasteiger partial charge >= 0.3 is 0 Å². The van der Waals surface area contributed by atoms with Crippen molar-refractivity contribution in [3.05, 3.63) is 235 Å². The standard InChI is InChI=1S/C72H69N3/c1-49(2)34-37-55-43-70(52-22-10-7-11-23-52)73-46-67(55)64-31-19-16-28-61(64)58-40-59(62-29-17-20-32-65(62)68-47-74-71(53-24-12-8-13-25-53)44-56(68)38-35-50(3)4)42-60(41-58)63-30-18-21-33-66(63)69-48-75-72(54-26-14-9-15-27-54)45-57(69)39-36-51(5)6/h7-33,40-51H,34-39H2,1-6H3/i37D2,38D2,39D2. The fourth-order valence-corrected chi connectivity index (χ4v) is 9.69. The smallest absolute Gasteiger partial charge is 0.0705 e. The van der Waals surface area contributed by atoms with E-state index in [1.807, 2.05) is 164 Å². The lowest BCUT2D eigenvalue weighted by atomic mass is 9.84. The largest absolute Gasteiger partial charge is 0.256 e. The molecule has 0 spiro atoms. The van der Waals surface area contributed by atoms with Crippen LogP contribution >= 0.6 is 0 Å². The van der Waals surface area contributed by atoms with Crippen LogP contribution in [0.1, 0.15) is 85.7 Å². The summed E-state index contributed by atoms with van der Waals surface area (Å²) in [5.74, 6) is 0.229. The molecule has 7 aromatic carbocycles. The van der Waals surface area contributed by atoms with Gasteiger partial charge in [0.25, 0.3) is 0 Å². The molecular weight excluding hydrogens is 907 g/mol. The summed E-state index contributed by atoms with van der Waals surface area (Å²) < 4.78 is 58.3. The third kappa shape index (κ3) is 11.9. The van der Waals surface area contributed by atoms with Crippen LogP contribution in [-0.2, 0) is 19.1 Å². The average Bonchev–Trinajstić information content (AvgIpc) is 3.59. The molecule has 0 aliphatic heterocycles.